The van der Waals surface area contributed by atoms with E-state index in [4.69, 9.17) is 0 Å². The van der Waals surface area contributed by atoms with Crippen LogP contribution < -0.4 is 0 Å². The van der Waals surface area contributed by atoms with Crippen molar-refractivity contribution in [1.82, 2.24) is 14.9 Å². The normalized spacial score (nSPS) is 11.4. The maximum atomic E-state index is 4.44. The molecule has 4 nitrogen and oxygen atoms in total. The standard InChI is InChI=1S/C10H11IN4/c1-15(2)6-13-9-4-3-8-10(14-9)7(11)5-12-8/h3-6,12H,1-2H3/b13-6+. The molecule has 2 heterocycles. The molecule has 5 heteroatoms. The first kappa shape index (κ1) is 10.4. The Balaban J connectivity index is 2.41. The van der Waals surface area contributed by atoms with Crippen LogP contribution in [0.4, 0.5) is 5.82 Å². The first-order chi connectivity index (χ1) is 7.16. The molecule has 78 valence electrons. The Morgan fingerprint density at radius 3 is 3.00 bits per heavy atom. The summed E-state index contributed by atoms with van der Waals surface area (Å²) in [6.45, 7) is 0. The SMILES string of the molecule is CN(C)/C=N/c1ccc2[nH]cc(I)c2n1. The van der Waals surface area contributed by atoms with Crippen molar-refractivity contribution in [2.24, 2.45) is 4.99 Å². The van der Waals surface area contributed by atoms with Gasteiger partial charge >= 0.3 is 0 Å². The second-order valence-electron chi connectivity index (χ2n) is 3.41. The molecule has 0 radical (unpaired) electrons. The highest BCUT2D eigenvalue weighted by atomic mass is 127. The molecule has 2 rings (SSSR count). The Morgan fingerprint density at radius 2 is 2.27 bits per heavy atom. The molecule has 0 atom stereocenters. The van der Waals surface area contributed by atoms with E-state index in [1.165, 1.54) is 0 Å². The lowest BCUT2D eigenvalue weighted by Gasteiger charge is -2.01. The first-order valence-corrected chi connectivity index (χ1v) is 5.59. The summed E-state index contributed by atoms with van der Waals surface area (Å²) in [6, 6.07) is 3.89. The van der Waals surface area contributed by atoms with Gasteiger partial charge in [0, 0.05) is 20.3 Å². The van der Waals surface area contributed by atoms with E-state index in [2.05, 4.69) is 37.6 Å². The minimum absolute atomic E-state index is 0.730. The lowest BCUT2D eigenvalue weighted by atomic mass is 10.4. The molecule has 2 aromatic heterocycles. The molecule has 0 aliphatic rings. The monoisotopic (exact) mass is 314 g/mol. The third-order valence-corrected chi connectivity index (χ3v) is 2.70. The van der Waals surface area contributed by atoms with Gasteiger partial charge in [-0.3, -0.25) is 0 Å². The van der Waals surface area contributed by atoms with E-state index in [1.807, 2.05) is 37.3 Å². The van der Waals surface area contributed by atoms with Gasteiger partial charge < -0.3 is 9.88 Å². The molecule has 0 aliphatic heterocycles. The quantitative estimate of drug-likeness (QED) is 0.525. The zero-order chi connectivity index (χ0) is 10.8. The molecule has 0 saturated carbocycles. The van der Waals surface area contributed by atoms with Crippen LogP contribution in [0.2, 0.25) is 0 Å². The smallest absolute Gasteiger partial charge is 0.154 e. The molecular weight excluding hydrogens is 303 g/mol. The summed E-state index contributed by atoms with van der Waals surface area (Å²) >= 11 is 2.26. The van der Waals surface area contributed by atoms with Crippen LogP contribution in [0, 0.1) is 3.57 Å². The number of aromatic amines is 1. The second-order valence-corrected chi connectivity index (χ2v) is 4.57. The lowest BCUT2D eigenvalue weighted by molar-refractivity contribution is 0.643. The second kappa shape index (κ2) is 4.18. The predicted molar refractivity (Wildman–Crippen MR) is 70.6 cm³/mol. The topological polar surface area (TPSA) is 44.3 Å². The van der Waals surface area contributed by atoms with Crippen molar-refractivity contribution in [1.29, 1.82) is 0 Å². The predicted octanol–water partition coefficient (Wildman–Crippen LogP) is 2.39. The molecule has 0 unspecified atom stereocenters. The van der Waals surface area contributed by atoms with Crippen molar-refractivity contribution >= 4 is 45.8 Å². The minimum atomic E-state index is 0.730. The molecular formula is C10H11IN4. The van der Waals surface area contributed by atoms with Gasteiger partial charge in [0.25, 0.3) is 0 Å². The highest BCUT2D eigenvalue weighted by Crippen LogP contribution is 2.20. The fraction of sp³-hybridized carbons (Fsp3) is 0.200. The zero-order valence-electron chi connectivity index (χ0n) is 8.53. The number of hydrogen-bond donors (Lipinski definition) is 1. The maximum absolute atomic E-state index is 4.44. The van der Waals surface area contributed by atoms with Gasteiger partial charge in [0.1, 0.15) is 5.52 Å². The number of halogens is 1. The van der Waals surface area contributed by atoms with E-state index in [-0.39, 0.29) is 0 Å². The largest absolute Gasteiger partial charge is 0.369 e. The maximum Gasteiger partial charge on any atom is 0.154 e. The molecule has 0 spiro atoms. The molecule has 0 saturated heterocycles. The van der Waals surface area contributed by atoms with E-state index in [9.17, 15) is 0 Å². The van der Waals surface area contributed by atoms with Gasteiger partial charge in [-0.1, -0.05) is 0 Å². The Bertz CT molecular complexity index is 501. The Labute approximate surface area is 102 Å². The fourth-order valence-corrected chi connectivity index (χ4v) is 1.77. The van der Waals surface area contributed by atoms with E-state index in [1.54, 1.807) is 6.34 Å². The van der Waals surface area contributed by atoms with Gasteiger partial charge in [0.15, 0.2) is 5.82 Å². The molecule has 0 aliphatic carbocycles. The summed E-state index contributed by atoms with van der Waals surface area (Å²) in [5.41, 5.74) is 2.02. The first-order valence-electron chi connectivity index (χ1n) is 4.51. The Morgan fingerprint density at radius 1 is 1.47 bits per heavy atom. The van der Waals surface area contributed by atoms with Crippen LogP contribution in [-0.4, -0.2) is 35.3 Å². The summed E-state index contributed by atoms with van der Waals surface area (Å²) in [5.74, 6) is 0.730. The van der Waals surface area contributed by atoms with Crippen molar-refractivity contribution in [3.63, 3.8) is 0 Å². The van der Waals surface area contributed by atoms with Crippen LogP contribution in [0.1, 0.15) is 0 Å². The summed E-state index contributed by atoms with van der Waals surface area (Å²) in [4.78, 5) is 13.7. The van der Waals surface area contributed by atoms with Crippen LogP contribution in [0.3, 0.4) is 0 Å². The summed E-state index contributed by atoms with van der Waals surface area (Å²) < 4.78 is 1.12. The summed E-state index contributed by atoms with van der Waals surface area (Å²) in [7, 11) is 3.87. The zero-order valence-corrected chi connectivity index (χ0v) is 10.7. The van der Waals surface area contributed by atoms with Gasteiger partial charge in [0.2, 0.25) is 0 Å². The van der Waals surface area contributed by atoms with Crippen LogP contribution in [0.15, 0.2) is 23.3 Å². The number of aliphatic imine (C=N–C) groups is 1. The van der Waals surface area contributed by atoms with Crippen LogP contribution in [-0.2, 0) is 0 Å². The highest BCUT2D eigenvalue weighted by Gasteiger charge is 2.02. The Kier molecular flexibility index (Phi) is 2.90. The molecule has 2 aromatic rings. The third-order valence-electron chi connectivity index (χ3n) is 1.88. The Hall–Kier alpha value is -1.11. The van der Waals surface area contributed by atoms with Gasteiger partial charge in [-0.05, 0) is 34.7 Å². The fourth-order valence-electron chi connectivity index (χ4n) is 1.20. The van der Waals surface area contributed by atoms with Crippen molar-refractivity contribution in [3.8, 4) is 0 Å². The van der Waals surface area contributed by atoms with E-state index < -0.39 is 0 Å². The van der Waals surface area contributed by atoms with Crippen molar-refractivity contribution in [3.05, 3.63) is 21.9 Å². The van der Waals surface area contributed by atoms with Crippen molar-refractivity contribution in [2.75, 3.05) is 14.1 Å². The van der Waals surface area contributed by atoms with Crippen LogP contribution in [0.5, 0.6) is 0 Å². The average Bonchev–Trinajstić information content (AvgIpc) is 2.57. The van der Waals surface area contributed by atoms with Crippen LogP contribution >= 0.6 is 22.6 Å². The number of H-pyrrole nitrogens is 1. The molecule has 0 fully saturated rings. The number of hydrogen-bond acceptors (Lipinski definition) is 2. The lowest BCUT2D eigenvalue weighted by Crippen LogP contribution is -2.07. The van der Waals surface area contributed by atoms with Gasteiger partial charge in [0.05, 0.1) is 15.4 Å². The van der Waals surface area contributed by atoms with Crippen molar-refractivity contribution < 1.29 is 0 Å². The van der Waals surface area contributed by atoms with Crippen LogP contribution in [0.25, 0.3) is 11.0 Å². The minimum Gasteiger partial charge on any atom is -0.369 e. The summed E-state index contributed by atoms with van der Waals surface area (Å²) in [6.07, 6.45) is 3.69. The average molecular weight is 314 g/mol. The summed E-state index contributed by atoms with van der Waals surface area (Å²) in [5, 5.41) is 0. The molecule has 0 amide bonds. The van der Waals surface area contributed by atoms with E-state index in [0.29, 0.717) is 0 Å². The third kappa shape index (κ3) is 2.28. The molecule has 0 bridgehead atoms. The van der Waals surface area contributed by atoms with Gasteiger partial charge in [-0.2, -0.15) is 0 Å². The highest BCUT2D eigenvalue weighted by molar-refractivity contribution is 14.1. The number of aromatic nitrogens is 2. The molecule has 15 heavy (non-hydrogen) atoms. The number of nitrogens with zero attached hydrogens (tertiary/aromatic N) is 3. The van der Waals surface area contributed by atoms with E-state index >= 15 is 0 Å². The van der Waals surface area contributed by atoms with Gasteiger partial charge in [-0.25, -0.2) is 9.98 Å². The number of nitrogens with one attached hydrogen (secondary N) is 1. The van der Waals surface area contributed by atoms with E-state index in [0.717, 1.165) is 20.4 Å². The van der Waals surface area contributed by atoms with Crippen molar-refractivity contribution in [2.45, 2.75) is 0 Å². The van der Waals surface area contributed by atoms with Gasteiger partial charge in [-0.15, -0.1) is 0 Å². The number of pyridine rings is 1. The number of fused-ring (bicyclic) bond motifs is 1. The molecule has 0 aromatic carbocycles. The molecule has 1 N–H and O–H groups in total. The number of rotatable bonds is 2.